The number of esters is 4. The van der Waals surface area contributed by atoms with Crippen LogP contribution in [0.2, 0.25) is 0 Å². The molecule has 0 aliphatic rings. The van der Waals surface area contributed by atoms with Crippen LogP contribution in [-0.4, -0.2) is 73.7 Å². The number of hydrogen-bond donors (Lipinski definition) is 2. The summed E-state index contributed by atoms with van der Waals surface area (Å²) in [4.78, 5) is 48.2. The van der Waals surface area contributed by atoms with Crippen molar-refractivity contribution in [1.29, 1.82) is 0 Å². The molecule has 0 saturated heterocycles. The van der Waals surface area contributed by atoms with Crippen LogP contribution in [0.15, 0.2) is 24.3 Å². The summed E-state index contributed by atoms with van der Waals surface area (Å²) in [7, 11) is 0. The highest BCUT2D eigenvalue weighted by Gasteiger charge is 2.33. The quantitative estimate of drug-likeness (QED) is 0.0279. The van der Waals surface area contributed by atoms with Crippen molar-refractivity contribution in [2.45, 2.75) is 168 Å². The lowest BCUT2D eigenvalue weighted by Gasteiger charge is -2.28. The molecular formula is C41H72O10. The van der Waals surface area contributed by atoms with Crippen molar-refractivity contribution in [3.8, 4) is 0 Å². The van der Waals surface area contributed by atoms with E-state index >= 15 is 0 Å². The van der Waals surface area contributed by atoms with Crippen molar-refractivity contribution in [3.63, 3.8) is 0 Å². The molecular weight excluding hydrogens is 652 g/mol. The van der Waals surface area contributed by atoms with Gasteiger partial charge in [0.15, 0.2) is 0 Å². The number of aliphatic hydroxyl groups excluding tert-OH is 2. The van der Waals surface area contributed by atoms with Crippen LogP contribution in [0.3, 0.4) is 0 Å². The second kappa shape index (κ2) is 35.7. The topological polar surface area (TPSA) is 146 Å². The average Bonchev–Trinajstić information content (AvgIpc) is 3.13. The minimum atomic E-state index is -1.26. The average molecular weight is 725 g/mol. The van der Waals surface area contributed by atoms with Gasteiger partial charge in [-0.3, -0.25) is 19.2 Å². The Morgan fingerprint density at radius 3 is 1.08 bits per heavy atom. The summed E-state index contributed by atoms with van der Waals surface area (Å²) in [6, 6.07) is 0. The van der Waals surface area contributed by atoms with Gasteiger partial charge in [-0.05, 0) is 64.2 Å². The molecule has 0 heterocycles. The normalized spacial score (nSPS) is 11.7. The van der Waals surface area contributed by atoms with Gasteiger partial charge in [0.1, 0.15) is 13.2 Å². The van der Waals surface area contributed by atoms with Crippen molar-refractivity contribution in [3.05, 3.63) is 24.3 Å². The van der Waals surface area contributed by atoms with Gasteiger partial charge in [-0.15, -0.1) is 0 Å². The van der Waals surface area contributed by atoms with Crippen molar-refractivity contribution < 1.29 is 48.3 Å². The molecule has 0 radical (unpaired) electrons. The van der Waals surface area contributed by atoms with Gasteiger partial charge >= 0.3 is 23.9 Å². The Morgan fingerprint density at radius 1 is 0.431 bits per heavy atom. The van der Waals surface area contributed by atoms with E-state index in [2.05, 4.69) is 38.2 Å². The molecule has 2 N–H and O–H groups in total. The minimum absolute atomic E-state index is 0.172. The maximum atomic E-state index is 12.3. The molecule has 0 bridgehead atoms. The number of rotatable bonds is 36. The molecule has 0 fully saturated rings. The fraction of sp³-hybridized carbons (Fsp3) is 0.805. The first-order valence-corrected chi connectivity index (χ1v) is 20.0. The van der Waals surface area contributed by atoms with Crippen LogP contribution >= 0.6 is 0 Å². The maximum absolute atomic E-state index is 12.3. The summed E-state index contributed by atoms with van der Waals surface area (Å²) >= 11 is 0. The predicted octanol–water partition coefficient (Wildman–Crippen LogP) is 8.64. The lowest BCUT2D eigenvalue weighted by atomic mass is 9.92. The zero-order chi connectivity index (χ0) is 37.7. The van der Waals surface area contributed by atoms with Crippen LogP contribution < -0.4 is 0 Å². The van der Waals surface area contributed by atoms with Crippen LogP contribution in [-0.2, 0) is 38.1 Å². The summed E-state index contributed by atoms with van der Waals surface area (Å²) in [5.41, 5.74) is -1.26. The predicted molar refractivity (Wildman–Crippen MR) is 201 cm³/mol. The van der Waals surface area contributed by atoms with Gasteiger partial charge in [0, 0.05) is 25.7 Å². The Bertz CT molecular complexity index is 855. The zero-order valence-corrected chi connectivity index (χ0v) is 32.2. The third-order valence-corrected chi connectivity index (χ3v) is 8.65. The van der Waals surface area contributed by atoms with E-state index in [1.807, 2.05) is 0 Å². The first-order chi connectivity index (χ1) is 24.8. The molecule has 0 amide bonds. The molecule has 0 aliphatic heterocycles. The molecule has 0 saturated carbocycles. The molecule has 296 valence electrons. The fourth-order valence-electron chi connectivity index (χ4n) is 5.15. The van der Waals surface area contributed by atoms with Crippen LogP contribution in [0.1, 0.15) is 168 Å². The highest BCUT2D eigenvalue weighted by molar-refractivity contribution is 5.70. The molecule has 10 heteroatoms. The van der Waals surface area contributed by atoms with Gasteiger partial charge < -0.3 is 29.2 Å². The third-order valence-electron chi connectivity index (χ3n) is 8.65. The van der Waals surface area contributed by atoms with E-state index in [9.17, 15) is 29.4 Å². The van der Waals surface area contributed by atoms with E-state index in [4.69, 9.17) is 18.9 Å². The molecule has 0 spiro atoms. The van der Waals surface area contributed by atoms with Gasteiger partial charge in [-0.1, -0.05) is 102 Å². The fourth-order valence-corrected chi connectivity index (χ4v) is 5.15. The van der Waals surface area contributed by atoms with E-state index in [1.54, 1.807) is 0 Å². The number of hydrogen-bond acceptors (Lipinski definition) is 10. The number of carbonyl (C=O) groups excluding carboxylic acids is 4. The van der Waals surface area contributed by atoms with Gasteiger partial charge in [0.05, 0.1) is 31.8 Å². The lowest BCUT2D eigenvalue weighted by molar-refractivity contribution is -0.159. The largest absolute Gasteiger partial charge is 0.465 e. The number of ether oxygens (including phenoxy) is 4. The van der Waals surface area contributed by atoms with Crippen LogP contribution in [0.4, 0.5) is 0 Å². The van der Waals surface area contributed by atoms with Crippen molar-refractivity contribution in [2.75, 3.05) is 39.6 Å². The molecule has 0 aromatic carbocycles. The maximum Gasteiger partial charge on any atom is 0.305 e. The van der Waals surface area contributed by atoms with Crippen LogP contribution in [0, 0.1) is 5.41 Å². The van der Waals surface area contributed by atoms with Gasteiger partial charge in [-0.2, -0.15) is 0 Å². The molecule has 0 aliphatic carbocycles. The van der Waals surface area contributed by atoms with E-state index in [1.165, 1.54) is 38.5 Å². The summed E-state index contributed by atoms with van der Waals surface area (Å²) in [5, 5.41) is 19.8. The molecule has 10 nitrogen and oxygen atoms in total. The first kappa shape index (κ1) is 48.3. The Kier molecular flexibility index (Phi) is 33.8. The molecule has 51 heavy (non-hydrogen) atoms. The Hall–Kier alpha value is -2.72. The summed E-state index contributed by atoms with van der Waals surface area (Å²) in [6.07, 6.45) is 28.5. The van der Waals surface area contributed by atoms with E-state index in [0.29, 0.717) is 38.9 Å². The summed E-state index contributed by atoms with van der Waals surface area (Å²) in [5.74, 6) is -1.22. The third kappa shape index (κ3) is 31.7. The van der Waals surface area contributed by atoms with E-state index in [0.717, 1.165) is 77.0 Å². The minimum Gasteiger partial charge on any atom is -0.465 e. The standard InChI is InChI=1S/C41H72O10/c1-3-5-7-9-11-19-25-31-48-37(44)27-21-15-13-17-23-29-39(46)50-35-41(33-42,34-43)36-51-40(47)30-24-18-14-16-22-28-38(45)49-32-26-20-12-10-8-6-4-2/h11-12,19-20,42-43H,3-10,13-18,21-36H2,1-2H3/b19-11-,20-12-. The van der Waals surface area contributed by atoms with Crippen LogP contribution in [0.5, 0.6) is 0 Å². The molecule has 0 aromatic heterocycles. The zero-order valence-electron chi connectivity index (χ0n) is 32.2. The van der Waals surface area contributed by atoms with Crippen molar-refractivity contribution in [1.82, 2.24) is 0 Å². The monoisotopic (exact) mass is 725 g/mol. The number of carbonyl (C=O) groups is 4. The molecule has 0 rings (SSSR count). The van der Waals surface area contributed by atoms with Crippen LogP contribution in [0.25, 0.3) is 0 Å². The lowest BCUT2D eigenvalue weighted by Crippen LogP contribution is -2.41. The van der Waals surface area contributed by atoms with E-state index < -0.39 is 30.6 Å². The first-order valence-electron chi connectivity index (χ1n) is 20.0. The Labute approximate surface area is 309 Å². The second-order valence-electron chi connectivity index (χ2n) is 13.6. The molecule has 0 aromatic rings. The number of unbranched alkanes of at least 4 members (excludes halogenated alkanes) is 14. The Balaban J connectivity index is 3.89. The molecule has 0 atom stereocenters. The van der Waals surface area contributed by atoms with Crippen molar-refractivity contribution >= 4 is 23.9 Å². The highest BCUT2D eigenvalue weighted by Crippen LogP contribution is 2.19. The van der Waals surface area contributed by atoms with Crippen molar-refractivity contribution in [2.24, 2.45) is 5.41 Å². The van der Waals surface area contributed by atoms with Gasteiger partial charge in [0.2, 0.25) is 0 Å². The van der Waals surface area contributed by atoms with Gasteiger partial charge in [0.25, 0.3) is 0 Å². The van der Waals surface area contributed by atoms with Gasteiger partial charge in [-0.25, -0.2) is 0 Å². The second-order valence-corrected chi connectivity index (χ2v) is 13.6. The smallest absolute Gasteiger partial charge is 0.305 e. The summed E-state index contributed by atoms with van der Waals surface area (Å²) in [6.45, 7) is 3.71. The number of allylic oxidation sites excluding steroid dienone is 2. The summed E-state index contributed by atoms with van der Waals surface area (Å²) < 4.78 is 21.1. The molecule has 0 unspecified atom stereocenters. The Morgan fingerprint density at radius 2 is 0.745 bits per heavy atom. The SMILES string of the molecule is CCCCC/C=C\CCOC(=O)CCCCCCCC(=O)OCC(CO)(CO)COC(=O)CCCCCCCC(=O)OCC/C=C\CCCCC. The highest BCUT2D eigenvalue weighted by atomic mass is 16.6. The number of aliphatic hydroxyl groups is 2. The van der Waals surface area contributed by atoms with E-state index in [-0.39, 0.29) is 38.0 Å².